The summed E-state index contributed by atoms with van der Waals surface area (Å²) >= 11 is 0. The lowest BCUT2D eigenvalue weighted by Gasteiger charge is -2.69. The van der Waals surface area contributed by atoms with Crippen LogP contribution in [0.1, 0.15) is 106 Å². The number of rotatable bonds is 1. The van der Waals surface area contributed by atoms with E-state index in [1.165, 1.54) is 5.57 Å². The number of carbonyl (C=O) groups excluding carboxylic acids is 3. The summed E-state index contributed by atoms with van der Waals surface area (Å²) in [7, 11) is 0. The van der Waals surface area contributed by atoms with Gasteiger partial charge < -0.3 is 5.73 Å². The SMILES string of the molecule is CC1(C)C(=O)CC[C@]2(C)[C@H]3C(=O)C=C4C5C[C@@](C)(C(N)=O)CC[C@]5(C)CC[C@@]4(C)[C@]3(C)CC[C@@H]12. The van der Waals surface area contributed by atoms with Crippen molar-refractivity contribution in [3.63, 3.8) is 0 Å². The standard InChI is InChI=1S/C30H45NO3/c1-25(2)21-8-11-30(7)23(28(21,5)10-9-22(25)33)20(32)16-18-19-17-27(4,24(31)34)13-12-26(19,3)14-15-29(18,30)6/h16,19,21,23H,8-15,17H2,1-7H3,(H2,31,34)/t19?,21-,23+,26+,27-,28-,29+,30+/m0/s1. The molecule has 4 nitrogen and oxygen atoms in total. The summed E-state index contributed by atoms with van der Waals surface area (Å²) in [5, 5.41) is 0. The first-order chi connectivity index (χ1) is 15.6. The Labute approximate surface area is 205 Å². The highest BCUT2D eigenvalue weighted by atomic mass is 16.1. The van der Waals surface area contributed by atoms with Crippen LogP contribution in [0.4, 0.5) is 0 Å². The number of amides is 1. The Hall–Kier alpha value is -1.45. The molecule has 5 aliphatic rings. The molecule has 2 N–H and O–H groups in total. The Kier molecular flexibility index (Phi) is 4.89. The highest BCUT2D eigenvalue weighted by Gasteiger charge is 2.70. The minimum atomic E-state index is -0.499. The van der Waals surface area contributed by atoms with Gasteiger partial charge in [0.05, 0.1) is 0 Å². The Morgan fingerprint density at radius 1 is 0.912 bits per heavy atom. The predicted molar refractivity (Wildman–Crippen MR) is 134 cm³/mol. The van der Waals surface area contributed by atoms with Crippen LogP contribution in [0.15, 0.2) is 11.6 Å². The molecule has 1 amide bonds. The third-order valence-corrected chi connectivity index (χ3v) is 12.9. The largest absolute Gasteiger partial charge is 0.369 e. The molecule has 8 atom stereocenters. The van der Waals surface area contributed by atoms with Gasteiger partial charge in [-0.15, -0.1) is 0 Å². The first-order valence-electron chi connectivity index (χ1n) is 13.6. The van der Waals surface area contributed by atoms with Gasteiger partial charge in [-0.05, 0) is 90.9 Å². The number of fused-ring (bicyclic) bond motifs is 7. The fourth-order valence-electron chi connectivity index (χ4n) is 10.2. The van der Waals surface area contributed by atoms with E-state index < -0.39 is 5.41 Å². The molecule has 0 bridgehead atoms. The Morgan fingerprint density at radius 3 is 2.21 bits per heavy atom. The third kappa shape index (κ3) is 2.75. The summed E-state index contributed by atoms with van der Waals surface area (Å²) in [6.07, 6.45) is 10.3. The molecule has 188 valence electrons. The van der Waals surface area contributed by atoms with E-state index in [1.807, 2.05) is 13.0 Å². The van der Waals surface area contributed by atoms with Gasteiger partial charge in [-0.2, -0.15) is 0 Å². The summed E-state index contributed by atoms with van der Waals surface area (Å²) in [5.41, 5.74) is 6.14. The van der Waals surface area contributed by atoms with E-state index in [-0.39, 0.29) is 56.5 Å². The van der Waals surface area contributed by atoms with Gasteiger partial charge >= 0.3 is 0 Å². The number of ketones is 2. The second-order valence-corrected chi connectivity index (χ2v) is 14.8. The van der Waals surface area contributed by atoms with Gasteiger partial charge in [-0.25, -0.2) is 0 Å². The fraction of sp³-hybridized carbons (Fsp3) is 0.833. The Balaban J connectivity index is 1.63. The predicted octanol–water partition coefficient (Wildman–Crippen LogP) is 6.02. The van der Waals surface area contributed by atoms with E-state index in [1.54, 1.807) is 0 Å². The highest BCUT2D eigenvalue weighted by Crippen LogP contribution is 2.74. The number of nitrogens with two attached hydrogens (primary N) is 1. The van der Waals surface area contributed by atoms with E-state index in [9.17, 15) is 14.4 Å². The van der Waals surface area contributed by atoms with Crippen LogP contribution in [0.5, 0.6) is 0 Å². The van der Waals surface area contributed by atoms with Crippen molar-refractivity contribution in [3.8, 4) is 0 Å². The van der Waals surface area contributed by atoms with Crippen LogP contribution >= 0.6 is 0 Å². The molecule has 4 heteroatoms. The zero-order valence-corrected chi connectivity index (χ0v) is 22.5. The molecular weight excluding hydrogens is 422 g/mol. The van der Waals surface area contributed by atoms with Crippen molar-refractivity contribution in [3.05, 3.63) is 11.6 Å². The van der Waals surface area contributed by atoms with Crippen molar-refractivity contribution in [1.82, 2.24) is 0 Å². The van der Waals surface area contributed by atoms with Crippen LogP contribution in [-0.2, 0) is 14.4 Å². The van der Waals surface area contributed by atoms with Gasteiger partial charge in [0.2, 0.25) is 5.91 Å². The van der Waals surface area contributed by atoms with Gasteiger partial charge in [0.1, 0.15) is 5.78 Å². The summed E-state index contributed by atoms with van der Waals surface area (Å²) in [6.45, 7) is 15.8. The second kappa shape index (κ2) is 6.85. The molecule has 0 aromatic carbocycles. The molecule has 0 radical (unpaired) electrons. The summed E-state index contributed by atoms with van der Waals surface area (Å²) in [4.78, 5) is 39.5. The van der Waals surface area contributed by atoms with E-state index in [4.69, 9.17) is 5.73 Å². The lowest BCUT2D eigenvalue weighted by Crippen LogP contribution is -2.66. The van der Waals surface area contributed by atoms with Gasteiger partial charge in [-0.3, -0.25) is 14.4 Å². The van der Waals surface area contributed by atoms with E-state index in [0.717, 1.165) is 51.4 Å². The van der Waals surface area contributed by atoms with Crippen molar-refractivity contribution >= 4 is 17.5 Å². The molecule has 0 spiro atoms. The van der Waals surface area contributed by atoms with Crippen molar-refractivity contribution in [2.75, 3.05) is 0 Å². The fourth-order valence-corrected chi connectivity index (χ4v) is 10.2. The first-order valence-corrected chi connectivity index (χ1v) is 13.6. The van der Waals surface area contributed by atoms with Gasteiger partial charge in [0.25, 0.3) is 0 Å². The van der Waals surface area contributed by atoms with Crippen LogP contribution in [-0.4, -0.2) is 17.5 Å². The second-order valence-electron chi connectivity index (χ2n) is 14.8. The van der Waals surface area contributed by atoms with Gasteiger partial charge in [0.15, 0.2) is 5.78 Å². The topological polar surface area (TPSA) is 77.2 Å². The summed E-state index contributed by atoms with van der Waals surface area (Å²) in [6, 6.07) is 0. The lowest BCUT2D eigenvalue weighted by molar-refractivity contribution is -0.187. The van der Waals surface area contributed by atoms with Crippen LogP contribution in [0.2, 0.25) is 0 Å². The molecule has 0 aromatic heterocycles. The minimum Gasteiger partial charge on any atom is -0.369 e. The third-order valence-electron chi connectivity index (χ3n) is 12.9. The number of hydrogen-bond acceptors (Lipinski definition) is 3. The van der Waals surface area contributed by atoms with Crippen LogP contribution in [0.25, 0.3) is 0 Å². The number of primary amides is 1. The normalized spacial score (nSPS) is 52.0. The van der Waals surface area contributed by atoms with E-state index >= 15 is 0 Å². The molecule has 4 saturated carbocycles. The molecule has 4 fully saturated rings. The van der Waals surface area contributed by atoms with Crippen molar-refractivity contribution in [2.45, 2.75) is 106 Å². The zero-order chi connectivity index (χ0) is 25.1. The van der Waals surface area contributed by atoms with Gasteiger partial charge in [0, 0.05) is 23.2 Å². The molecule has 0 saturated heterocycles. The molecule has 34 heavy (non-hydrogen) atoms. The zero-order valence-electron chi connectivity index (χ0n) is 22.5. The maximum Gasteiger partial charge on any atom is 0.223 e. The maximum absolute atomic E-state index is 14.2. The molecule has 0 aromatic rings. The first kappa shape index (κ1) is 24.3. The van der Waals surface area contributed by atoms with Crippen LogP contribution in [0, 0.1) is 50.2 Å². The van der Waals surface area contributed by atoms with Crippen LogP contribution in [0.3, 0.4) is 0 Å². The Bertz CT molecular complexity index is 1010. The van der Waals surface area contributed by atoms with Crippen molar-refractivity contribution < 1.29 is 14.4 Å². The number of hydrogen-bond donors (Lipinski definition) is 1. The smallest absolute Gasteiger partial charge is 0.223 e. The molecule has 1 unspecified atom stereocenters. The number of allylic oxidation sites excluding steroid dienone is 2. The average Bonchev–Trinajstić information content (AvgIpc) is 2.73. The quantitative estimate of drug-likeness (QED) is 0.512. The summed E-state index contributed by atoms with van der Waals surface area (Å²) < 4.78 is 0. The molecule has 5 aliphatic carbocycles. The minimum absolute atomic E-state index is 0.0460. The molecular formula is C30H45NO3. The monoisotopic (exact) mass is 467 g/mol. The molecule has 5 rings (SSSR count). The lowest BCUT2D eigenvalue weighted by atomic mass is 9.33. The summed E-state index contributed by atoms with van der Waals surface area (Å²) in [5.74, 6) is 0.886. The number of Topliss-reactive ketones (excluding diaryl/α,β-unsaturated/α-hetero) is 1. The van der Waals surface area contributed by atoms with E-state index in [2.05, 4.69) is 41.5 Å². The average molecular weight is 468 g/mol. The maximum atomic E-state index is 14.2. The van der Waals surface area contributed by atoms with Crippen LogP contribution < -0.4 is 5.73 Å². The van der Waals surface area contributed by atoms with Gasteiger partial charge in [-0.1, -0.05) is 54.0 Å². The highest BCUT2D eigenvalue weighted by molar-refractivity contribution is 5.96. The van der Waals surface area contributed by atoms with Crippen molar-refractivity contribution in [1.29, 1.82) is 0 Å². The van der Waals surface area contributed by atoms with E-state index in [0.29, 0.717) is 12.2 Å². The molecule has 0 heterocycles. The number of carbonyl (C=O) groups is 3. The Morgan fingerprint density at radius 2 is 1.56 bits per heavy atom. The molecule has 0 aliphatic heterocycles. The van der Waals surface area contributed by atoms with Crippen molar-refractivity contribution in [2.24, 2.45) is 56.0 Å².